The SMILES string of the molecule is Cn1c(N2CCCCC2CCO)nc(C(=O)NCc2ccc(F)cc2)c(O)c1=O. The summed E-state index contributed by atoms with van der Waals surface area (Å²) in [5.74, 6) is -1.50. The number of benzene rings is 1. The van der Waals surface area contributed by atoms with E-state index in [0.717, 1.165) is 19.3 Å². The molecule has 3 rings (SSSR count). The summed E-state index contributed by atoms with van der Waals surface area (Å²) in [6, 6.07) is 5.64. The topological polar surface area (TPSA) is 108 Å². The number of piperidine rings is 1. The molecule has 1 aliphatic heterocycles. The number of nitrogens with zero attached hydrogens (tertiary/aromatic N) is 3. The number of aromatic nitrogens is 2. The third-order valence-electron chi connectivity index (χ3n) is 5.17. The van der Waals surface area contributed by atoms with Crippen molar-refractivity contribution in [3.63, 3.8) is 0 Å². The number of halogens is 1. The number of aromatic hydroxyl groups is 1. The molecule has 1 aromatic carbocycles. The number of aliphatic hydroxyl groups excluding tert-OH is 1. The third kappa shape index (κ3) is 4.56. The highest BCUT2D eigenvalue weighted by Crippen LogP contribution is 2.25. The summed E-state index contributed by atoms with van der Waals surface area (Å²) < 4.78 is 14.2. The Kier molecular flexibility index (Phi) is 6.48. The lowest BCUT2D eigenvalue weighted by atomic mass is 10.00. The minimum absolute atomic E-state index is 0.00604. The van der Waals surface area contributed by atoms with Gasteiger partial charge in [-0.05, 0) is 43.4 Å². The van der Waals surface area contributed by atoms with E-state index >= 15 is 0 Å². The van der Waals surface area contributed by atoms with Crippen LogP contribution in [0.25, 0.3) is 0 Å². The highest BCUT2D eigenvalue weighted by Gasteiger charge is 2.28. The van der Waals surface area contributed by atoms with Gasteiger partial charge in [-0.25, -0.2) is 9.37 Å². The first-order chi connectivity index (χ1) is 13.9. The van der Waals surface area contributed by atoms with Gasteiger partial charge in [-0.1, -0.05) is 12.1 Å². The van der Waals surface area contributed by atoms with Gasteiger partial charge in [0.25, 0.3) is 11.5 Å². The standard InChI is InChI=1S/C20H25FN4O4/c1-24-19(29)17(27)16(18(28)22-12-13-5-7-14(21)8-6-13)23-20(24)25-10-3-2-4-15(25)9-11-26/h5-8,15,26-27H,2-4,9-12H2,1H3,(H,22,28). The van der Waals surface area contributed by atoms with Crippen LogP contribution in [0.1, 0.15) is 41.7 Å². The molecule has 8 nitrogen and oxygen atoms in total. The Morgan fingerprint density at radius 2 is 2.03 bits per heavy atom. The molecule has 2 aromatic rings. The van der Waals surface area contributed by atoms with Gasteiger partial charge in [-0.15, -0.1) is 0 Å². The van der Waals surface area contributed by atoms with Crippen molar-refractivity contribution in [2.24, 2.45) is 7.05 Å². The second-order valence-electron chi connectivity index (χ2n) is 7.14. The van der Waals surface area contributed by atoms with Crippen LogP contribution >= 0.6 is 0 Å². The van der Waals surface area contributed by atoms with Gasteiger partial charge < -0.3 is 20.4 Å². The average Bonchev–Trinajstić information content (AvgIpc) is 2.72. The lowest BCUT2D eigenvalue weighted by molar-refractivity contribution is 0.0942. The number of hydrogen-bond donors (Lipinski definition) is 3. The van der Waals surface area contributed by atoms with Crippen molar-refractivity contribution in [1.29, 1.82) is 0 Å². The molecular formula is C20H25FN4O4. The first-order valence-electron chi connectivity index (χ1n) is 9.62. The highest BCUT2D eigenvalue weighted by atomic mass is 19.1. The molecule has 1 aromatic heterocycles. The van der Waals surface area contributed by atoms with Gasteiger partial charge in [0.1, 0.15) is 5.82 Å². The summed E-state index contributed by atoms with van der Waals surface area (Å²) in [6.07, 6.45) is 3.30. The fourth-order valence-electron chi connectivity index (χ4n) is 3.58. The van der Waals surface area contributed by atoms with Gasteiger partial charge in [0.2, 0.25) is 11.7 Å². The number of hydrogen-bond acceptors (Lipinski definition) is 6. The predicted octanol–water partition coefficient (Wildman–Crippen LogP) is 1.30. The molecule has 1 aliphatic rings. The summed E-state index contributed by atoms with van der Waals surface area (Å²) in [5.41, 5.74) is -0.392. The van der Waals surface area contributed by atoms with E-state index in [1.165, 1.54) is 35.9 Å². The van der Waals surface area contributed by atoms with Crippen molar-refractivity contribution < 1.29 is 19.4 Å². The van der Waals surface area contributed by atoms with Crippen molar-refractivity contribution in [2.75, 3.05) is 18.1 Å². The van der Waals surface area contributed by atoms with Crippen molar-refractivity contribution in [3.05, 3.63) is 51.7 Å². The number of amides is 1. The Balaban J connectivity index is 1.87. The van der Waals surface area contributed by atoms with Crippen molar-refractivity contribution in [3.8, 4) is 5.75 Å². The number of carbonyl (C=O) groups is 1. The van der Waals surface area contributed by atoms with E-state index in [1.54, 1.807) is 0 Å². The van der Waals surface area contributed by atoms with E-state index in [1.807, 2.05) is 4.90 Å². The fourth-order valence-corrected chi connectivity index (χ4v) is 3.58. The van der Waals surface area contributed by atoms with Gasteiger partial charge in [-0.3, -0.25) is 14.2 Å². The summed E-state index contributed by atoms with van der Waals surface area (Å²) in [7, 11) is 1.50. The number of carbonyl (C=O) groups excluding carboxylic acids is 1. The van der Waals surface area contributed by atoms with Crippen LogP contribution in [0.2, 0.25) is 0 Å². The van der Waals surface area contributed by atoms with Crippen LogP contribution < -0.4 is 15.8 Å². The molecule has 0 saturated carbocycles. The van der Waals surface area contributed by atoms with Gasteiger partial charge in [0.15, 0.2) is 5.69 Å². The van der Waals surface area contributed by atoms with E-state index in [9.17, 15) is 24.2 Å². The molecular weight excluding hydrogens is 379 g/mol. The molecule has 1 fully saturated rings. The van der Waals surface area contributed by atoms with Gasteiger partial charge in [0.05, 0.1) is 0 Å². The summed E-state index contributed by atoms with van der Waals surface area (Å²) in [6.45, 7) is 0.756. The zero-order valence-electron chi connectivity index (χ0n) is 16.3. The van der Waals surface area contributed by atoms with Crippen LogP contribution in [0.5, 0.6) is 5.75 Å². The molecule has 2 heterocycles. The molecule has 0 spiro atoms. The normalized spacial score (nSPS) is 16.7. The van der Waals surface area contributed by atoms with Gasteiger partial charge in [0, 0.05) is 32.8 Å². The molecule has 1 atom stereocenters. The van der Waals surface area contributed by atoms with Crippen LogP contribution in [0, 0.1) is 5.82 Å². The first-order valence-corrected chi connectivity index (χ1v) is 9.62. The Bertz CT molecular complexity index is 927. The summed E-state index contributed by atoms with van der Waals surface area (Å²) in [5, 5.41) is 22.2. The summed E-state index contributed by atoms with van der Waals surface area (Å²) in [4.78, 5) is 31.3. The summed E-state index contributed by atoms with van der Waals surface area (Å²) >= 11 is 0. The Morgan fingerprint density at radius 1 is 1.31 bits per heavy atom. The minimum atomic E-state index is -0.719. The second kappa shape index (κ2) is 9.04. The number of anilines is 1. The number of nitrogens with one attached hydrogen (secondary N) is 1. The maximum Gasteiger partial charge on any atom is 0.297 e. The maximum atomic E-state index is 13.0. The molecule has 1 saturated heterocycles. The smallest absolute Gasteiger partial charge is 0.297 e. The zero-order chi connectivity index (χ0) is 21.0. The van der Waals surface area contributed by atoms with Crippen LogP contribution in [-0.2, 0) is 13.6 Å². The quantitative estimate of drug-likeness (QED) is 0.670. The Morgan fingerprint density at radius 3 is 2.72 bits per heavy atom. The van der Waals surface area contributed by atoms with E-state index in [0.29, 0.717) is 18.5 Å². The monoisotopic (exact) mass is 404 g/mol. The molecule has 0 bridgehead atoms. The van der Waals surface area contributed by atoms with Crippen LogP contribution in [0.15, 0.2) is 29.1 Å². The van der Waals surface area contributed by atoms with Crippen LogP contribution in [0.4, 0.5) is 10.3 Å². The second-order valence-corrected chi connectivity index (χ2v) is 7.14. The molecule has 29 heavy (non-hydrogen) atoms. The van der Waals surface area contributed by atoms with E-state index < -0.39 is 17.2 Å². The van der Waals surface area contributed by atoms with Crippen molar-refractivity contribution in [1.82, 2.24) is 14.9 Å². The fraction of sp³-hybridized carbons (Fsp3) is 0.450. The average molecular weight is 404 g/mol. The lowest BCUT2D eigenvalue weighted by Crippen LogP contribution is -2.44. The number of rotatable bonds is 6. The molecule has 9 heteroatoms. The molecule has 0 radical (unpaired) electrons. The predicted molar refractivity (Wildman–Crippen MR) is 105 cm³/mol. The minimum Gasteiger partial charge on any atom is -0.501 e. The lowest BCUT2D eigenvalue weighted by Gasteiger charge is -2.37. The zero-order valence-corrected chi connectivity index (χ0v) is 16.3. The van der Waals surface area contributed by atoms with Crippen LogP contribution in [-0.4, -0.2) is 44.9 Å². The maximum absolute atomic E-state index is 13.0. The number of aliphatic hydroxyl groups is 1. The molecule has 1 amide bonds. The van der Waals surface area contributed by atoms with E-state index in [2.05, 4.69) is 10.3 Å². The van der Waals surface area contributed by atoms with Gasteiger partial charge >= 0.3 is 0 Å². The molecule has 3 N–H and O–H groups in total. The third-order valence-corrected chi connectivity index (χ3v) is 5.17. The molecule has 0 aliphatic carbocycles. The largest absolute Gasteiger partial charge is 0.501 e. The van der Waals surface area contributed by atoms with E-state index in [4.69, 9.17) is 0 Å². The van der Waals surface area contributed by atoms with Crippen molar-refractivity contribution >= 4 is 11.9 Å². The van der Waals surface area contributed by atoms with Crippen LogP contribution in [0.3, 0.4) is 0 Å². The Hall–Kier alpha value is -2.94. The molecule has 156 valence electrons. The molecule has 1 unspecified atom stereocenters. The highest BCUT2D eigenvalue weighted by molar-refractivity contribution is 5.95. The Labute approximate surface area is 167 Å². The van der Waals surface area contributed by atoms with Gasteiger partial charge in [-0.2, -0.15) is 0 Å². The first kappa shape index (κ1) is 20.8. The van der Waals surface area contributed by atoms with E-state index in [-0.39, 0.29) is 36.7 Å². The van der Waals surface area contributed by atoms with Crippen molar-refractivity contribution in [2.45, 2.75) is 38.3 Å².